The fourth-order valence-corrected chi connectivity index (χ4v) is 3.42. The number of nitrogens with zero attached hydrogens (tertiary/aromatic N) is 3. The number of aryl methyl sites for hydroxylation is 2. The van der Waals surface area contributed by atoms with Crippen molar-refractivity contribution in [2.45, 2.75) is 33.1 Å². The van der Waals surface area contributed by atoms with Crippen LogP contribution in [0.2, 0.25) is 0 Å². The van der Waals surface area contributed by atoms with Crippen molar-refractivity contribution in [3.63, 3.8) is 0 Å². The molecule has 1 aliphatic heterocycles. The van der Waals surface area contributed by atoms with E-state index in [1.807, 2.05) is 6.92 Å². The van der Waals surface area contributed by atoms with Crippen LogP contribution in [0.5, 0.6) is 0 Å². The third-order valence-electron chi connectivity index (χ3n) is 3.73. The van der Waals surface area contributed by atoms with Crippen LogP contribution in [0.3, 0.4) is 0 Å². The van der Waals surface area contributed by atoms with Gasteiger partial charge >= 0.3 is 0 Å². The Labute approximate surface area is 160 Å². The molecule has 0 radical (unpaired) electrons. The number of hydrogen-bond acceptors (Lipinski definition) is 4. The van der Waals surface area contributed by atoms with Crippen LogP contribution in [0, 0.1) is 12.8 Å². The maximum Gasteiger partial charge on any atom is 0.193 e. The topological polar surface area (TPSA) is 49.8 Å². The molecule has 5 nitrogen and oxygen atoms in total. The highest BCUT2D eigenvalue weighted by Crippen LogP contribution is 2.13. The first-order valence-corrected chi connectivity index (χ1v) is 9.05. The van der Waals surface area contributed by atoms with E-state index in [0.29, 0.717) is 5.92 Å². The summed E-state index contributed by atoms with van der Waals surface area (Å²) in [5.74, 6) is 1.64. The van der Waals surface area contributed by atoms with Gasteiger partial charge in [-0.1, -0.05) is 0 Å². The SMILES string of the molecule is CCNC(=NCCCc1nc(C)cs1)N(C)CC1CCOC1.I. The van der Waals surface area contributed by atoms with Gasteiger partial charge in [-0.15, -0.1) is 35.3 Å². The van der Waals surface area contributed by atoms with Gasteiger partial charge in [0.05, 0.1) is 11.6 Å². The third-order valence-corrected chi connectivity index (χ3v) is 4.76. The summed E-state index contributed by atoms with van der Waals surface area (Å²) in [6, 6.07) is 0. The minimum absolute atomic E-state index is 0. The van der Waals surface area contributed by atoms with Crippen molar-refractivity contribution in [3.05, 3.63) is 16.1 Å². The maximum atomic E-state index is 5.45. The van der Waals surface area contributed by atoms with Gasteiger partial charge in [0.1, 0.15) is 0 Å². The largest absolute Gasteiger partial charge is 0.381 e. The molecule has 2 rings (SSSR count). The van der Waals surface area contributed by atoms with E-state index >= 15 is 0 Å². The average molecular weight is 452 g/mol. The number of nitrogens with one attached hydrogen (secondary N) is 1. The summed E-state index contributed by atoms with van der Waals surface area (Å²) in [6.45, 7) is 8.69. The summed E-state index contributed by atoms with van der Waals surface area (Å²) in [5, 5.41) is 6.71. The molecule has 2 heterocycles. The zero-order valence-electron chi connectivity index (χ0n) is 14.4. The summed E-state index contributed by atoms with van der Waals surface area (Å²) in [5.41, 5.74) is 1.12. The molecule has 132 valence electrons. The highest BCUT2D eigenvalue weighted by atomic mass is 127. The van der Waals surface area contributed by atoms with Crippen molar-refractivity contribution in [2.75, 3.05) is 39.9 Å². The number of guanidine groups is 1. The van der Waals surface area contributed by atoms with E-state index in [1.165, 1.54) is 5.01 Å². The molecule has 0 bridgehead atoms. The van der Waals surface area contributed by atoms with Gasteiger partial charge in [-0.25, -0.2) is 4.98 Å². The van der Waals surface area contributed by atoms with Gasteiger partial charge in [0.2, 0.25) is 0 Å². The fourth-order valence-electron chi connectivity index (χ4n) is 2.60. The minimum atomic E-state index is 0. The summed E-state index contributed by atoms with van der Waals surface area (Å²) in [4.78, 5) is 11.5. The first-order chi connectivity index (χ1) is 10.7. The summed E-state index contributed by atoms with van der Waals surface area (Å²) in [6.07, 6.45) is 3.22. The molecule has 1 fully saturated rings. The molecule has 0 spiro atoms. The van der Waals surface area contributed by atoms with E-state index < -0.39 is 0 Å². The molecule has 1 saturated heterocycles. The maximum absolute atomic E-state index is 5.45. The Hall–Kier alpha value is -0.410. The summed E-state index contributed by atoms with van der Waals surface area (Å²) < 4.78 is 5.45. The number of ether oxygens (including phenoxy) is 1. The Morgan fingerprint density at radius 1 is 1.57 bits per heavy atom. The van der Waals surface area contributed by atoms with Gasteiger partial charge in [-0.3, -0.25) is 4.99 Å². The molecule has 1 atom stereocenters. The van der Waals surface area contributed by atoms with Gasteiger partial charge in [0, 0.05) is 56.7 Å². The van der Waals surface area contributed by atoms with Crippen molar-refractivity contribution in [1.82, 2.24) is 15.2 Å². The molecule has 1 unspecified atom stereocenters. The number of halogens is 1. The van der Waals surface area contributed by atoms with Crippen molar-refractivity contribution >= 4 is 41.3 Å². The zero-order chi connectivity index (χ0) is 15.8. The third kappa shape index (κ3) is 7.34. The number of aliphatic imine (C=N–C) groups is 1. The van der Waals surface area contributed by atoms with Gasteiger partial charge in [-0.05, 0) is 26.7 Å². The smallest absolute Gasteiger partial charge is 0.193 e. The Balaban J connectivity index is 0.00000264. The first kappa shape index (κ1) is 20.6. The first-order valence-electron chi connectivity index (χ1n) is 8.17. The normalized spacial score (nSPS) is 17.9. The molecule has 0 amide bonds. The van der Waals surface area contributed by atoms with Crippen LogP contribution in [0.4, 0.5) is 0 Å². The van der Waals surface area contributed by atoms with Crippen LogP contribution < -0.4 is 5.32 Å². The Kier molecular flexibility index (Phi) is 10.0. The Morgan fingerprint density at radius 3 is 3.00 bits per heavy atom. The molecule has 0 aliphatic carbocycles. The molecule has 0 aromatic carbocycles. The second kappa shape index (κ2) is 11.2. The van der Waals surface area contributed by atoms with E-state index in [0.717, 1.165) is 63.8 Å². The molecule has 0 saturated carbocycles. The Morgan fingerprint density at radius 2 is 2.39 bits per heavy atom. The van der Waals surface area contributed by atoms with Crippen LogP contribution in [-0.2, 0) is 11.2 Å². The van der Waals surface area contributed by atoms with Gasteiger partial charge in [-0.2, -0.15) is 0 Å². The lowest BCUT2D eigenvalue weighted by Crippen LogP contribution is -2.41. The Bertz CT molecular complexity index is 474. The van der Waals surface area contributed by atoms with Gasteiger partial charge in [0.25, 0.3) is 0 Å². The summed E-state index contributed by atoms with van der Waals surface area (Å²) in [7, 11) is 2.12. The fraction of sp³-hybridized carbons (Fsp3) is 0.750. The van der Waals surface area contributed by atoms with E-state index in [1.54, 1.807) is 11.3 Å². The molecule has 7 heteroatoms. The molecule has 1 aromatic rings. The highest BCUT2D eigenvalue weighted by molar-refractivity contribution is 14.0. The minimum Gasteiger partial charge on any atom is -0.381 e. The number of hydrogen-bond donors (Lipinski definition) is 1. The van der Waals surface area contributed by atoms with Crippen LogP contribution in [0.1, 0.15) is 30.5 Å². The van der Waals surface area contributed by atoms with Crippen LogP contribution >= 0.6 is 35.3 Å². The van der Waals surface area contributed by atoms with Crippen molar-refractivity contribution in [2.24, 2.45) is 10.9 Å². The number of thiazole rings is 1. The molecule has 23 heavy (non-hydrogen) atoms. The monoisotopic (exact) mass is 452 g/mol. The lowest BCUT2D eigenvalue weighted by atomic mass is 10.1. The standard InChI is InChI=1S/C16H28N4OS.HI/c1-4-17-16(20(3)10-14-7-9-21-11-14)18-8-5-6-15-19-13(2)12-22-15;/h12,14H,4-11H2,1-3H3,(H,17,18);1H. The van der Waals surface area contributed by atoms with Crippen LogP contribution in [0.15, 0.2) is 10.4 Å². The van der Waals surface area contributed by atoms with Crippen LogP contribution in [0.25, 0.3) is 0 Å². The molecular formula is C16H29IN4OS. The quantitative estimate of drug-likeness (QED) is 0.299. The van der Waals surface area contributed by atoms with E-state index in [2.05, 4.69) is 34.6 Å². The second-order valence-corrected chi connectivity index (χ2v) is 6.77. The van der Waals surface area contributed by atoms with E-state index in [-0.39, 0.29) is 24.0 Å². The number of aromatic nitrogens is 1. The average Bonchev–Trinajstić information content (AvgIpc) is 3.14. The summed E-state index contributed by atoms with van der Waals surface area (Å²) >= 11 is 1.75. The van der Waals surface area contributed by atoms with Gasteiger partial charge < -0.3 is 15.0 Å². The molecule has 1 aromatic heterocycles. The predicted molar refractivity (Wildman–Crippen MR) is 108 cm³/mol. The predicted octanol–water partition coefficient (Wildman–Crippen LogP) is 2.94. The highest BCUT2D eigenvalue weighted by Gasteiger charge is 2.18. The lowest BCUT2D eigenvalue weighted by Gasteiger charge is -2.24. The second-order valence-electron chi connectivity index (χ2n) is 5.83. The van der Waals surface area contributed by atoms with Crippen molar-refractivity contribution < 1.29 is 4.74 Å². The zero-order valence-corrected chi connectivity index (χ0v) is 17.5. The van der Waals surface area contributed by atoms with Crippen molar-refractivity contribution in [1.29, 1.82) is 0 Å². The van der Waals surface area contributed by atoms with Crippen LogP contribution in [-0.4, -0.2) is 55.7 Å². The number of rotatable bonds is 7. The molecular weight excluding hydrogens is 423 g/mol. The van der Waals surface area contributed by atoms with E-state index in [9.17, 15) is 0 Å². The van der Waals surface area contributed by atoms with E-state index in [4.69, 9.17) is 9.73 Å². The molecule has 1 N–H and O–H groups in total. The molecule has 1 aliphatic rings. The lowest BCUT2D eigenvalue weighted by molar-refractivity contribution is 0.181. The van der Waals surface area contributed by atoms with Crippen molar-refractivity contribution in [3.8, 4) is 0 Å². The van der Waals surface area contributed by atoms with Gasteiger partial charge in [0.15, 0.2) is 5.96 Å².